The van der Waals surface area contributed by atoms with Gasteiger partial charge in [0, 0.05) is 11.6 Å². The highest BCUT2D eigenvalue weighted by Gasteiger charge is 2.11. The van der Waals surface area contributed by atoms with Gasteiger partial charge in [0.2, 0.25) is 0 Å². The molecule has 1 aromatic heterocycles. The van der Waals surface area contributed by atoms with Crippen LogP contribution >= 0.6 is 0 Å². The van der Waals surface area contributed by atoms with Gasteiger partial charge in [0.05, 0.1) is 5.69 Å². The zero-order chi connectivity index (χ0) is 14.7. The Hall–Kier alpha value is -0.790. The number of aromatic nitrogens is 2. The van der Waals surface area contributed by atoms with Crippen molar-refractivity contribution < 1.29 is 0 Å². The lowest BCUT2D eigenvalue weighted by Crippen LogP contribution is -1.92. The number of aromatic amines is 1. The average Bonchev–Trinajstić information content (AvgIpc) is 2.63. The molecule has 1 heterocycles. The van der Waals surface area contributed by atoms with Crippen LogP contribution in [0, 0.1) is 6.92 Å². The summed E-state index contributed by atoms with van der Waals surface area (Å²) < 4.78 is 0. The van der Waals surface area contributed by atoms with E-state index >= 15 is 0 Å². The van der Waals surface area contributed by atoms with E-state index in [1.165, 1.54) is 24.2 Å². The molecule has 0 amide bonds. The highest BCUT2D eigenvalue weighted by molar-refractivity contribution is 5.17. The lowest BCUT2D eigenvalue weighted by Gasteiger charge is -2.00. The Balaban J connectivity index is 0. The van der Waals surface area contributed by atoms with E-state index in [-0.39, 0.29) is 0 Å². The van der Waals surface area contributed by atoms with Gasteiger partial charge in [0.15, 0.2) is 0 Å². The summed E-state index contributed by atoms with van der Waals surface area (Å²) in [6.45, 7) is 19.2. The van der Waals surface area contributed by atoms with Gasteiger partial charge in [0.1, 0.15) is 5.82 Å². The predicted molar refractivity (Wildman–Crippen MR) is 83.4 cm³/mol. The van der Waals surface area contributed by atoms with Crippen molar-refractivity contribution in [3.05, 3.63) is 17.2 Å². The van der Waals surface area contributed by atoms with Crippen molar-refractivity contribution in [2.45, 2.75) is 87.0 Å². The van der Waals surface area contributed by atoms with Crippen LogP contribution in [0.5, 0.6) is 0 Å². The van der Waals surface area contributed by atoms with E-state index in [4.69, 9.17) is 0 Å². The summed E-state index contributed by atoms with van der Waals surface area (Å²) in [7, 11) is 0. The lowest BCUT2D eigenvalue weighted by atomic mass is 10.1. The molecule has 0 spiro atoms. The molecule has 0 fully saturated rings. The first-order chi connectivity index (χ1) is 8.35. The first-order valence-corrected chi connectivity index (χ1v) is 7.41. The van der Waals surface area contributed by atoms with Gasteiger partial charge in [-0.05, 0) is 12.8 Å². The summed E-state index contributed by atoms with van der Waals surface area (Å²) in [5, 5.41) is 0. The van der Waals surface area contributed by atoms with Crippen LogP contribution in [0.25, 0.3) is 0 Å². The van der Waals surface area contributed by atoms with E-state index in [1.807, 2.05) is 0 Å². The van der Waals surface area contributed by atoms with Crippen molar-refractivity contribution in [1.29, 1.82) is 0 Å². The molecule has 0 bridgehead atoms. The van der Waals surface area contributed by atoms with E-state index < -0.39 is 0 Å². The molecule has 2 heteroatoms. The van der Waals surface area contributed by atoms with E-state index in [1.54, 1.807) is 0 Å². The van der Waals surface area contributed by atoms with Crippen LogP contribution in [-0.4, -0.2) is 9.97 Å². The zero-order valence-electron chi connectivity index (χ0n) is 14.0. The van der Waals surface area contributed by atoms with Gasteiger partial charge < -0.3 is 4.98 Å². The molecular formula is C16H34N2. The summed E-state index contributed by atoms with van der Waals surface area (Å²) in [6.07, 6.45) is 2.50. The standard InChI is InChI=1S/C10H18N2.2C3H8/c1-6(2)9-8(5)11-10(12-9)7(3)4;2*1-3-2/h6-7H,1-5H3,(H,11,12);2*3H2,1-2H3. The molecule has 0 aliphatic carbocycles. The monoisotopic (exact) mass is 254 g/mol. The molecule has 1 N–H and O–H groups in total. The van der Waals surface area contributed by atoms with Crippen molar-refractivity contribution in [3.8, 4) is 0 Å². The highest BCUT2D eigenvalue weighted by atomic mass is 14.9. The number of aryl methyl sites for hydroxylation is 1. The Morgan fingerprint density at radius 3 is 1.44 bits per heavy atom. The Morgan fingerprint density at radius 2 is 1.28 bits per heavy atom. The highest BCUT2D eigenvalue weighted by Crippen LogP contribution is 2.19. The smallest absolute Gasteiger partial charge is 0.109 e. The summed E-state index contributed by atoms with van der Waals surface area (Å²) in [5.74, 6) is 2.13. The van der Waals surface area contributed by atoms with Gasteiger partial charge in [-0.15, -0.1) is 0 Å². The Bertz CT molecular complexity index is 283. The van der Waals surface area contributed by atoms with Crippen molar-refractivity contribution >= 4 is 0 Å². The van der Waals surface area contributed by atoms with Crippen LogP contribution in [0.1, 0.15) is 97.3 Å². The summed E-state index contributed by atoms with van der Waals surface area (Å²) in [4.78, 5) is 7.87. The quantitative estimate of drug-likeness (QED) is 0.710. The predicted octanol–water partition coefficient (Wildman–Crippen LogP) is 5.80. The molecule has 0 unspecified atom stereocenters. The molecule has 0 atom stereocenters. The third kappa shape index (κ3) is 8.32. The average molecular weight is 254 g/mol. The number of hydrogen-bond acceptors (Lipinski definition) is 1. The number of imidazole rings is 1. The summed E-state index contributed by atoms with van der Waals surface area (Å²) in [6, 6.07) is 0. The normalized spacial score (nSPS) is 9.72. The second kappa shape index (κ2) is 11.3. The fraction of sp³-hybridized carbons (Fsp3) is 0.812. The number of nitrogens with one attached hydrogen (secondary N) is 1. The van der Waals surface area contributed by atoms with Crippen molar-refractivity contribution in [3.63, 3.8) is 0 Å². The van der Waals surface area contributed by atoms with Gasteiger partial charge in [-0.3, -0.25) is 0 Å². The van der Waals surface area contributed by atoms with E-state index in [0.717, 1.165) is 5.82 Å². The van der Waals surface area contributed by atoms with Crippen molar-refractivity contribution in [1.82, 2.24) is 9.97 Å². The maximum atomic E-state index is 4.55. The molecule has 0 radical (unpaired) electrons. The van der Waals surface area contributed by atoms with Crippen LogP contribution in [0.4, 0.5) is 0 Å². The Kier molecular flexibility index (Phi) is 12.3. The van der Waals surface area contributed by atoms with E-state index in [9.17, 15) is 0 Å². The largest absolute Gasteiger partial charge is 0.346 e. The molecule has 0 saturated heterocycles. The third-order valence-electron chi connectivity index (χ3n) is 2.03. The van der Waals surface area contributed by atoms with Crippen LogP contribution in [-0.2, 0) is 0 Å². The molecular weight excluding hydrogens is 220 g/mol. The maximum absolute atomic E-state index is 4.55. The lowest BCUT2D eigenvalue weighted by molar-refractivity contribution is 0.771. The molecule has 0 aromatic carbocycles. The summed E-state index contributed by atoms with van der Waals surface area (Å²) in [5.41, 5.74) is 2.42. The molecule has 18 heavy (non-hydrogen) atoms. The molecule has 0 aliphatic heterocycles. The van der Waals surface area contributed by atoms with Gasteiger partial charge in [-0.25, -0.2) is 4.98 Å². The minimum absolute atomic E-state index is 0.496. The van der Waals surface area contributed by atoms with Gasteiger partial charge in [-0.2, -0.15) is 0 Å². The molecule has 0 aliphatic rings. The number of H-pyrrole nitrogens is 1. The molecule has 1 aromatic rings. The number of nitrogens with zero attached hydrogens (tertiary/aromatic N) is 1. The van der Waals surface area contributed by atoms with Crippen molar-refractivity contribution in [2.75, 3.05) is 0 Å². The van der Waals surface area contributed by atoms with Gasteiger partial charge in [0.25, 0.3) is 0 Å². The minimum atomic E-state index is 0.496. The minimum Gasteiger partial charge on any atom is -0.346 e. The molecule has 0 saturated carbocycles. The van der Waals surface area contributed by atoms with Gasteiger partial charge in [-0.1, -0.05) is 68.2 Å². The van der Waals surface area contributed by atoms with Crippen LogP contribution in [0.3, 0.4) is 0 Å². The second-order valence-corrected chi connectivity index (χ2v) is 5.36. The molecule has 108 valence electrons. The Morgan fingerprint density at radius 1 is 0.889 bits per heavy atom. The van der Waals surface area contributed by atoms with Crippen molar-refractivity contribution in [2.24, 2.45) is 0 Å². The van der Waals surface area contributed by atoms with E-state index in [2.05, 4.69) is 72.3 Å². The third-order valence-corrected chi connectivity index (χ3v) is 2.03. The maximum Gasteiger partial charge on any atom is 0.109 e. The SMILES string of the molecule is CCC.CCC.Cc1[nH]c(C(C)C)nc1C(C)C. The topological polar surface area (TPSA) is 28.7 Å². The van der Waals surface area contributed by atoms with Crippen LogP contribution in [0.2, 0.25) is 0 Å². The number of rotatable bonds is 2. The first-order valence-electron chi connectivity index (χ1n) is 7.41. The fourth-order valence-electron chi connectivity index (χ4n) is 1.33. The van der Waals surface area contributed by atoms with Crippen LogP contribution < -0.4 is 0 Å². The zero-order valence-corrected chi connectivity index (χ0v) is 14.0. The number of hydrogen-bond donors (Lipinski definition) is 1. The molecule has 1 rings (SSSR count). The van der Waals surface area contributed by atoms with Crippen LogP contribution in [0.15, 0.2) is 0 Å². The first kappa shape index (κ1) is 19.5. The Labute approximate surface area is 115 Å². The van der Waals surface area contributed by atoms with E-state index in [0.29, 0.717) is 11.8 Å². The fourth-order valence-corrected chi connectivity index (χ4v) is 1.33. The summed E-state index contributed by atoms with van der Waals surface area (Å²) >= 11 is 0. The van der Waals surface area contributed by atoms with Gasteiger partial charge >= 0.3 is 0 Å². The second-order valence-electron chi connectivity index (χ2n) is 5.36. The molecule has 2 nitrogen and oxygen atoms in total.